The molecule has 0 bridgehead atoms. The second-order valence-electron chi connectivity index (χ2n) is 2.16. The number of pyridine rings is 1. The highest BCUT2D eigenvalue weighted by Gasteiger charge is 2.10. The number of aromatic nitrogens is 1. The summed E-state index contributed by atoms with van der Waals surface area (Å²) in [5.74, 6) is 0.922. The predicted octanol–water partition coefficient (Wildman–Crippen LogP) is 1.29. The number of halogens is 1. The molecule has 0 saturated heterocycles. The number of rotatable bonds is 0. The van der Waals surface area contributed by atoms with Crippen LogP contribution in [0.1, 0.15) is 0 Å². The molecule has 0 aromatic carbocycles. The minimum absolute atomic E-state index is 0.349. The van der Waals surface area contributed by atoms with E-state index in [1.54, 1.807) is 6.07 Å². The van der Waals surface area contributed by atoms with Gasteiger partial charge in [-0.3, -0.25) is 4.72 Å². The summed E-state index contributed by atoms with van der Waals surface area (Å²) in [5.41, 5.74) is 5.43. The standard InChI is InChI=1S/C6H5ClN4S/c7-4-2-1-3-5(9-4)10-6(8)11-12-3/h1-2H,(H3,8,9,10,11). The van der Waals surface area contributed by atoms with E-state index in [4.69, 9.17) is 17.3 Å². The SMILES string of the molecule is NC1=Nc2nc(Cl)ccc2SN1. The topological polar surface area (TPSA) is 63.3 Å². The second kappa shape index (κ2) is 2.84. The quantitative estimate of drug-likeness (QED) is 0.490. The van der Waals surface area contributed by atoms with Crippen LogP contribution < -0.4 is 10.5 Å². The third-order valence-electron chi connectivity index (χ3n) is 1.30. The second-order valence-corrected chi connectivity index (χ2v) is 3.39. The van der Waals surface area contributed by atoms with E-state index in [0.717, 1.165) is 4.90 Å². The third-order valence-corrected chi connectivity index (χ3v) is 2.36. The average Bonchev–Trinajstić information content (AvgIpc) is 2.03. The van der Waals surface area contributed by atoms with Crippen LogP contribution in [0.25, 0.3) is 0 Å². The first-order chi connectivity index (χ1) is 5.75. The van der Waals surface area contributed by atoms with E-state index in [1.807, 2.05) is 6.07 Å². The minimum Gasteiger partial charge on any atom is -0.369 e. The van der Waals surface area contributed by atoms with Gasteiger partial charge in [-0.15, -0.1) is 0 Å². The predicted molar refractivity (Wildman–Crippen MR) is 49.5 cm³/mol. The maximum absolute atomic E-state index is 5.67. The number of fused-ring (bicyclic) bond motifs is 1. The van der Waals surface area contributed by atoms with Gasteiger partial charge in [-0.05, 0) is 24.1 Å². The molecule has 0 unspecified atom stereocenters. The molecule has 1 aromatic heterocycles. The highest BCUT2D eigenvalue weighted by Crippen LogP contribution is 2.29. The van der Waals surface area contributed by atoms with Gasteiger partial charge in [-0.2, -0.15) is 4.99 Å². The summed E-state index contributed by atoms with van der Waals surface area (Å²) in [5, 5.41) is 0.424. The van der Waals surface area contributed by atoms with Crippen molar-refractivity contribution < 1.29 is 0 Å². The van der Waals surface area contributed by atoms with Gasteiger partial charge in [-0.25, -0.2) is 4.98 Å². The van der Waals surface area contributed by atoms with E-state index in [0.29, 0.717) is 16.9 Å². The van der Waals surface area contributed by atoms with Gasteiger partial charge in [0, 0.05) is 0 Å². The fourth-order valence-electron chi connectivity index (χ4n) is 0.816. The van der Waals surface area contributed by atoms with Crippen molar-refractivity contribution in [2.45, 2.75) is 4.90 Å². The maximum atomic E-state index is 5.67. The molecule has 0 amide bonds. The molecular formula is C6H5ClN4S. The lowest BCUT2D eigenvalue weighted by Gasteiger charge is -2.11. The van der Waals surface area contributed by atoms with Crippen molar-refractivity contribution in [1.82, 2.24) is 9.71 Å². The maximum Gasteiger partial charge on any atom is 0.205 e. The molecule has 4 nitrogen and oxygen atoms in total. The van der Waals surface area contributed by atoms with Crippen LogP contribution in [0.5, 0.6) is 0 Å². The summed E-state index contributed by atoms with van der Waals surface area (Å²) in [6.45, 7) is 0. The van der Waals surface area contributed by atoms with Crippen LogP contribution in [0.2, 0.25) is 5.15 Å². The van der Waals surface area contributed by atoms with Gasteiger partial charge in [0.25, 0.3) is 0 Å². The van der Waals surface area contributed by atoms with Gasteiger partial charge < -0.3 is 5.73 Å². The summed E-state index contributed by atoms with van der Waals surface area (Å²) in [7, 11) is 0. The molecule has 3 N–H and O–H groups in total. The van der Waals surface area contributed by atoms with Crippen LogP contribution in [-0.2, 0) is 0 Å². The lowest BCUT2D eigenvalue weighted by molar-refractivity contribution is 1.15. The molecule has 6 heteroatoms. The van der Waals surface area contributed by atoms with E-state index >= 15 is 0 Å². The molecule has 12 heavy (non-hydrogen) atoms. The monoisotopic (exact) mass is 200 g/mol. The Kier molecular flexibility index (Phi) is 1.82. The fourth-order valence-corrected chi connectivity index (χ4v) is 1.54. The molecule has 0 radical (unpaired) electrons. The molecule has 0 fully saturated rings. The van der Waals surface area contributed by atoms with Crippen LogP contribution >= 0.6 is 23.5 Å². The zero-order chi connectivity index (χ0) is 8.55. The van der Waals surface area contributed by atoms with Crippen LogP contribution in [0, 0.1) is 0 Å². The minimum atomic E-state index is 0.349. The molecule has 1 aromatic rings. The van der Waals surface area contributed by atoms with E-state index in [-0.39, 0.29) is 0 Å². The first kappa shape index (κ1) is 7.70. The number of aliphatic imine (C=N–C) groups is 1. The van der Waals surface area contributed by atoms with Crippen molar-refractivity contribution in [3.05, 3.63) is 17.3 Å². The first-order valence-electron chi connectivity index (χ1n) is 3.19. The van der Waals surface area contributed by atoms with Crippen molar-refractivity contribution in [1.29, 1.82) is 0 Å². The van der Waals surface area contributed by atoms with E-state index in [9.17, 15) is 0 Å². The van der Waals surface area contributed by atoms with Crippen molar-refractivity contribution in [2.24, 2.45) is 10.7 Å². The van der Waals surface area contributed by atoms with Gasteiger partial charge in [0.1, 0.15) is 5.15 Å². The lowest BCUT2D eigenvalue weighted by Crippen LogP contribution is -2.27. The number of nitrogens with two attached hydrogens (primary N) is 1. The summed E-state index contributed by atoms with van der Waals surface area (Å²) < 4.78 is 2.82. The third kappa shape index (κ3) is 1.33. The van der Waals surface area contributed by atoms with Crippen LogP contribution in [-0.4, -0.2) is 10.9 Å². The molecule has 0 aliphatic carbocycles. The van der Waals surface area contributed by atoms with Gasteiger partial charge in [0.15, 0.2) is 5.82 Å². The van der Waals surface area contributed by atoms with Crippen molar-refractivity contribution in [3.8, 4) is 0 Å². The van der Waals surface area contributed by atoms with Crippen molar-refractivity contribution >= 4 is 35.3 Å². The number of hydrogen-bond donors (Lipinski definition) is 2. The van der Waals surface area contributed by atoms with Crippen molar-refractivity contribution in [2.75, 3.05) is 0 Å². The smallest absolute Gasteiger partial charge is 0.205 e. The van der Waals surface area contributed by atoms with Gasteiger partial charge in [0.05, 0.1) is 4.90 Å². The average molecular weight is 201 g/mol. The van der Waals surface area contributed by atoms with Crippen molar-refractivity contribution in [3.63, 3.8) is 0 Å². The normalized spacial score (nSPS) is 14.6. The van der Waals surface area contributed by atoms with Crippen LogP contribution in [0.3, 0.4) is 0 Å². The lowest BCUT2D eigenvalue weighted by atomic mass is 10.4. The van der Waals surface area contributed by atoms with Gasteiger partial charge in [-0.1, -0.05) is 11.6 Å². The Morgan fingerprint density at radius 3 is 3.17 bits per heavy atom. The van der Waals surface area contributed by atoms with Crippen LogP contribution in [0.4, 0.5) is 5.82 Å². The fraction of sp³-hybridized carbons (Fsp3) is 0. The molecule has 2 heterocycles. The van der Waals surface area contributed by atoms with E-state index in [1.165, 1.54) is 11.9 Å². The molecule has 0 saturated carbocycles. The molecule has 1 aliphatic heterocycles. The van der Waals surface area contributed by atoms with E-state index < -0.39 is 0 Å². The molecule has 0 spiro atoms. The Morgan fingerprint density at radius 1 is 1.50 bits per heavy atom. The Morgan fingerprint density at radius 2 is 2.33 bits per heavy atom. The molecule has 0 atom stereocenters. The Hall–Kier alpha value is -0.940. The number of hydrogen-bond acceptors (Lipinski definition) is 5. The summed E-state index contributed by atoms with van der Waals surface area (Å²) in [4.78, 5) is 8.90. The largest absolute Gasteiger partial charge is 0.369 e. The molecule has 62 valence electrons. The summed E-state index contributed by atoms with van der Waals surface area (Å²) in [6, 6.07) is 3.56. The van der Waals surface area contributed by atoms with Gasteiger partial charge in [0.2, 0.25) is 5.96 Å². The number of nitrogens with one attached hydrogen (secondary N) is 1. The van der Waals surface area contributed by atoms with Crippen LogP contribution in [0.15, 0.2) is 22.0 Å². The zero-order valence-corrected chi connectivity index (χ0v) is 7.49. The Bertz CT molecular complexity index is 351. The number of nitrogens with zero attached hydrogens (tertiary/aromatic N) is 2. The molecular weight excluding hydrogens is 196 g/mol. The molecule has 2 rings (SSSR count). The summed E-state index contributed by atoms with van der Waals surface area (Å²) in [6.07, 6.45) is 0. The zero-order valence-electron chi connectivity index (χ0n) is 5.91. The highest BCUT2D eigenvalue weighted by atomic mass is 35.5. The Balaban J connectivity index is 2.53. The molecule has 1 aliphatic rings. The first-order valence-corrected chi connectivity index (χ1v) is 4.39. The van der Waals surface area contributed by atoms with E-state index in [2.05, 4.69) is 14.7 Å². The highest BCUT2D eigenvalue weighted by molar-refractivity contribution is 7.98. The van der Waals surface area contributed by atoms with Gasteiger partial charge >= 0.3 is 0 Å². The summed E-state index contributed by atoms with van der Waals surface area (Å²) >= 11 is 7.05. The number of guanidine groups is 1. The Labute approximate surface area is 78.4 Å².